The summed E-state index contributed by atoms with van der Waals surface area (Å²) in [6.45, 7) is 3.63. The fourth-order valence-corrected chi connectivity index (χ4v) is 1.35. The van der Waals surface area contributed by atoms with Crippen LogP contribution >= 0.6 is 0 Å². The Kier molecular flexibility index (Phi) is 12.0. The van der Waals surface area contributed by atoms with Gasteiger partial charge >= 0.3 is 5.97 Å². The molecular formula is C12H23N3O4. The number of nitrogens with one attached hydrogen (secondary N) is 3. The SMILES string of the molecule is COC(=O)CCNCCCNCCCNC(=O)C=O. The van der Waals surface area contributed by atoms with Crippen molar-refractivity contribution in [2.24, 2.45) is 0 Å². The molecule has 1 amide bonds. The van der Waals surface area contributed by atoms with Crippen molar-refractivity contribution in [1.82, 2.24) is 16.0 Å². The van der Waals surface area contributed by atoms with Crippen molar-refractivity contribution in [2.45, 2.75) is 19.3 Å². The minimum Gasteiger partial charge on any atom is -0.469 e. The predicted octanol–water partition coefficient (Wildman–Crippen LogP) is -1.18. The molecule has 7 heteroatoms. The van der Waals surface area contributed by atoms with Crippen molar-refractivity contribution in [3.05, 3.63) is 0 Å². The van der Waals surface area contributed by atoms with Crippen molar-refractivity contribution in [2.75, 3.05) is 39.8 Å². The summed E-state index contributed by atoms with van der Waals surface area (Å²) in [4.78, 5) is 31.4. The van der Waals surface area contributed by atoms with E-state index in [4.69, 9.17) is 0 Å². The summed E-state index contributed by atoms with van der Waals surface area (Å²) < 4.78 is 4.51. The molecule has 0 aromatic heterocycles. The highest BCUT2D eigenvalue weighted by atomic mass is 16.5. The number of amides is 1. The van der Waals surface area contributed by atoms with E-state index in [2.05, 4.69) is 20.7 Å². The van der Waals surface area contributed by atoms with Gasteiger partial charge in [0.15, 0.2) is 0 Å². The summed E-state index contributed by atoms with van der Waals surface area (Å²) in [5, 5.41) is 8.82. The van der Waals surface area contributed by atoms with E-state index in [1.165, 1.54) is 7.11 Å². The van der Waals surface area contributed by atoms with Gasteiger partial charge in [-0.25, -0.2) is 0 Å². The Balaban J connectivity index is 3.09. The molecule has 0 saturated heterocycles. The molecule has 0 saturated carbocycles. The van der Waals surface area contributed by atoms with Crippen LogP contribution in [0.25, 0.3) is 0 Å². The molecule has 0 aliphatic rings. The first-order chi connectivity index (χ1) is 9.20. The van der Waals surface area contributed by atoms with E-state index in [0.717, 1.165) is 32.5 Å². The quantitative estimate of drug-likeness (QED) is 0.179. The summed E-state index contributed by atoms with van der Waals surface area (Å²) in [6, 6.07) is 0. The lowest BCUT2D eigenvalue weighted by Gasteiger charge is -2.06. The van der Waals surface area contributed by atoms with Crippen LogP contribution in [0, 0.1) is 0 Å². The molecule has 0 aromatic rings. The minimum atomic E-state index is -0.574. The zero-order chi connectivity index (χ0) is 14.3. The number of aldehydes is 1. The predicted molar refractivity (Wildman–Crippen MR) is 70.7 cm³/mol. The van der Waals surface area contributed by atoms with Crippen LogP contribution in [0.3, 0.4) is 0 Å². The second kappa shape index (κ2) is 13.0. The lowest BCUT2D eigenvalue weighted by Crippen LogP contribution is -2.29. The topological polar surface area (TPSA) is 96.5 Å². The van der Waals surface area contributed by atoms with Crippen LogP contribution in [0.4, 0.5) is 0 Å². The Morgan fingerprint density at radius 2 is 1.58 bits per heavy atom. The summed E-state index contributed by atoms with van der Waals surface area (Å²) in [5.74, 6) is -0.780. The van der Waals surface area contributed by atoms with Crippen molar-refractivity contribution in [3.8, 4) is 0 Å². The van der Waals surface area contributed by atoms with E-state index in [9.17, 15) is 14.4 Å². The number of hydrogen-bond donors (Lipinski definition) is 3. The van der Waals surface area contributed by atoms with E-state index < -0.39 is 5.91 Å². The first-order valence-corrected chi connectivity index (χ1v) is 6.42. The Labute approximate surface area is 113 Å². The zero-order valence-corrected chi connectivity index (χ0v) is 11.4. The Hall–Kier alpha value is -1.47. The molecule has 19 heavy (non-hydrogen) atoms. The lowest BCUT2D eigenvalue weighted by molar-refractivity contribution is -0.140. The number of carbonyl (C=O) groups is 3. The van der Waals surface area contributed by atoms with Gasteiger partial charge in [0.2, 0.25) is 6.29 Å². The highest BCUT2D eigenvalue weighted by molar-refractivity contribution is 6.23. The van der Waals surface area contributed by atoms with Crippen molar-refractivity contribution in [1.29, 1.82) is 0 Å². The molecular weight excluding hydrogens is 250 g/mol. The molecule has 0 aliphatic heterocycles. The molecule has 110 valence electrons. The number of ether oxygens (including phenoxy) is 1. The van der Waals surface area contributed by atoms with Crippen LogP contribution in [0.5, 0.6) is 0 Å². The van der Waals surface area contributed by atoms with Crippen molar-refractivity contribution in [3.63, 3.8) is 0 Å². The average molecular weight is 273 g/mol. The van der Waals surface area contributed by atoms with E-state index in [0.29, 0.717) is 19.5 Å². The molecule has 0 heterocycles. The van der Waals surface area contributed by atoms with Gasteiger partial charge in [0.1, 0.15) is 0 Å². The summed E-state index contributed by atoms with van der Waals surface area (Å²) in [7, 11) is 1.38. The maximum absolute atomic E-state index is 10.8. The average Bonchev–Trinajstić information content (AvgIpc) is 2.43. The van der Waals surface area contributed by atoms with Crippen LogP contribution in [-0.4, -0.2) is 58.0 Å². The molecule has 0 aliphatic carbocycles. The molecule has 3 N–H and O–H groups in total. The zero-order valence-electron chi connectivity index (χ0n) is 11.4. The number of esters is 1. The van der Waals surface area contributed by atoms with Crippen LogP contribution in [0.2, 0.25) is 0 Å². The molecule has 0 atom stereocenters. The van der Waals surface area contributed by atoms with Gasteiger partial charge in [-0.15, -0.1) is 0 Å². The molecule has 0 spiro atoms. The normalized spacial score (nSPS) is 9.95. The van der Waals surface area contributed by atoms with E-state index in [1.54, 1.807) is 0 Å². The van der Waals surface area contributed by atoms with Crippen LogP contribution in [-0.2, 0) is 19.1 Å². The first-order valence-electron chi connectivity index (χ1n) is 6.42. The van der Waals surface area contributed by atoms with Crippen molar-refractivity contribution < 1.29 is 19.1 Å². The molecule has 0 radical (unpaired) electrons. The van der Waals surface area contributed by atoms with Gasteiger partial charge in [-0.05, 0) is 32.5 Å². The number of methoxy groups -OCH3 is 1. The summed E-state index contributed by atoms with van der Waals surface area (Å²) in [5.41, 5.74) is 0. The van der Waals surface area contributed by atoms with Crippen LogP contribution in [0.1, 0.15) is 19.3 Å². The van der Waals surface area contributed by atoms with Gasteiger partial charge in [0.25, 0.3) is 5.91 Å². The largest absolute Gasteiger partial charge is 0.469 e. The van der Waals surface area contributed by atoms with Crippen molar-refractivity contribution >= 4 is 18.2 Å². The lowest BCUT2D eigenvalue weighted by atomic mass is 10.3. The van der Waals surface area contributed by atoms with E-state index in [1.807, 2.05) is 0 Å². The fraction of sp³-hybridized carbons (Fsp3) is 0.750. The van der Waals surface area contributed by atoms with Gasteiger partial charge in [-0.3, -0.25) is 14.4 Å². The third-order valence-corrected chi connectivity index (χ3v) is 2.38. The standard InChI is InChI=1S/C12H23N3O4/c1-19-12(18)4-9-14-6-2-5-13-7-3-8-15-11(17)10-16/h10,13-14H,2-9H2,1H3,(H,15,17). The Morgan fingerprint density at radius 1 is 1.00 bits per heavy atom. The molecule has 0 bridgehead atoms. The smallest absolute Gasteiger partial charge is 0.306 e. The molecule has 0 aromatic carbocycles. The maximum Gasteiger partial charge on any atom is 0.306 e. The Morgan fingerprint density at radius 3 is 2.16 bits per heavy atom. The molecule has 7 nitrogen and oxygen atoms in total. The second-order valence-electron chi connectivity index (χ2n) is 3.94. The maximum atomic E-state index is 10.8. The fourth-order valence-electron chi connectivity index (χ4n) is 1.35. The highest BCUT2D eigenvalue weighted by Gasteiger charge is 1.98. The second-order valence-corrected chi connectivity index (χ2v) is 3.94. The van der Waals surface area contributed by atoms with Gasteiger partial charge < -0.3 is 20.7 Å². The van der Waals surface area contributed by atoms with E-state index >= 15 is 0 Å². The number of rotatable bonds is 12. The molecule has 0 fully saturated rings. The van der Waals surface area contributed by atoms with E-state index in [-0.39, 0.29) is 12.3 Å². The third-order valence-electron chi connectivity index (χ3n) is 2.38. The van der Waals surface area contributed by atoms with Gasteiger partial charge in [0, 0.05) is 13.1 Å². The van der Waals surface area contributed by atoms with Gasteiger partial charge in [-0.2, -0.15) is 0 Å². The third kappa shape index (κ3) is 12.8. The number of hydrogen-bond acceptors (Lipinski definition) is 6. The monoisotopic (exact) mass is 273 g/mol. The summed E-state index contributed by atoms with van der Waals surface area (Å²) in [6.07, 6.45) is 2.41. The number of carbonyl (C=O) groups excluding carboxylic acids is 3. The molecule has 0 rings (SSSR count). The minimum absolute atomic E-state index is 0.206. The first kappa shape index (κ1) is 17.5. The van der Waals surface area contributed by atoms with Crippen LogP contribution in [0.15, 0.2) is 0 Å². The van der Waals surface area contributed by atoms with Crippen LogP contribution < -0.4 is 16.0 Å². The highest BCUT2D eigenvalue weighted by Crippen LogP contribution is 1.82. The molecule has 0 unspecified atom stereocenters. The van der Waals surface area contributed by atoms with Gasteiger partial charge in [0.05, 0.1) is 13.5 Å². The summed E-state index contributed by atoms with van der Waals surface area (Å²) >= 11 is 0. The Bertz CT molecular complexity index is 272. The van der Waals surface area contributed by atoms with Gasteiger partial charge in [-0.1, -0.05) is 0 Å².